The molecule has 1 aliphatic heterocycles. The summed E-state index contributed by atoms with van der Waals surface area (Å²) < 4.78 is 2.10. The van der Waals surface area contributed by atoms with Crippen LogP contribution in [-0.2, 0) is 11.8 Å². The molecule has 1 aromatic carbocycles. The molecule has 0 spiro atoms. The molecule has 126 valence electrons. The van der Waals surface area contributed by atoms with Crippen LogP contribution in [0.4, 0.5) is 11.4 Å². The van der Waals surface area contributed by atoms with Crippen molar-refractivity contribution in [3.63, 3.8) is 0 Å². The summed E-state index contributed by atoms with van der Waals surface area (Å²) in [7, 11) is 2.05. The van der Waals surface area contributed by atoms with Crippen LogP contribution in [0, 0.1) is 0 Å². The third-order valence-electron chi connectivity index (χ3n) is 3.73. The number of hydrogen-bond donors (Lipinski definition) is 1. The van der Waals surface area contributed by atoms with Crippen molar-refractivity contribution in [1.82, 2.24) is 0 Å². The van der Waals surface area contributed by atoms with Gasteiger partial charge in [-0.25, -0.2) is 4.57 Å². The van der Waals surface area contributed by atoms with E-state index < -0.39 is 0 Å². The minimum absolute atomic E-state index is 0. The van der Waals surface area contributed by atoms with Gasteiger partial charge in [0.25, 0.3) is 0 Å². The van der Waals surface area contributed by atoms with Crippen molar-refractivity contribution in [2.24, 2.45) is 7.05 Å². The number of aryl methyl sites for hydroxylation is 1. The van der Waals surface area contributed by atoms with E-state index in [1.807, 2.05) is 37.5 Å². The van der Waals surface area contributed by atoms with Crippen molar-refractivity contribution in [2.75, 3.05) is 16.8 Å². The molecule has 0 aliphatic carbocycles. The van der Waals surface area contributed by atoms with Crippen LogP contribution in [0.3, 0.4) is 0 Å². The quantitative estimate of drug-likeness (QED) is 0.541. The largest absolute Gasteiger partial charge is 1.00 e. The molecule has 0 fully saturated rings. The standard InChI is InChI=1S/C18H19N3OS.HI/c1-4-21-16-9-8-14(19-13(2)22)11-17(16)23-18(21)12-15-7-5-6-10-20(15)3;/h5-12H,4H2,1-3H3;1H. The summed E-state index contributed by atoms with van der Waals surface area (Å²) in [5.41, 5.74) is 3.19. The molecule has 2 aromatic rings. The molecule has 1 aliphatic rings. The van der Waals surface area contributed by atoms with Gasteiger partial charge in [-0.05, 0) is 31.2 Å². The SMILES string of the molecule is CCN1/C(=C/c2cccc[n+]2C)Sc2cc(NC(C)=O)ccc21.[I-]. The van der Waals surface area contributed by atoms with E-state index in [0.717, 1.165) is 17.9 Å². The lowest BCUT2D eigenvalue weighted by Crippen LogP contribution is -3.00. The number of rotatable bonds is 3. The first-order valence-electron chi connectivity index (χ1n) is 7.62. The van der Waals surface area contributed by atoms with Crippen LogP contribution < -0.4 is 38.8 Å². The number of carbonyl (C=O) groups is 1. The topological polar surface area (TPSA) is 36.2 Å². The van der Waals surface area contributed by atoms with Gasteiger partial charge in [0.15, 0.2) is 6.20 Å². The maximum Gasteiger partial charge on any atom is 0.221 e. The second-order valence-electron chi connectivity index (χ2n) is 5.43. The molecule has 24 heavy (non-hydrogen) atoms. The number of halogens is 1. The van der Waals surface area contributed by atoms with Crippen LogP contribution in [-0.4, -0.2) is 12.5 Å². The van der Waals surface area contributed by atoms with E-state index in [1.165, 1.54) is 22.5 Å². The van der Waals surface area contributed by atoms with Crippen LogP contribution in [0.2, 0.25) is 0 Å². The fraction of sp³-hybridized carbons (Fsp3) is 0.222. The number of hydrogen-bond acceptors (Lipinski definition) is 3. The summed E-state index contributed by atoms with van der Waals surface area (Å²) in [5.74, 6) is -0.0487. The zero-order chi connectivity index (χ0) is 16.4. The first-order chi connectivity index (χ1) is 11.1. The molecule has 2 heterocycles. The van der Waals surface area contributed by atoms with Crippen LogP contribution in [0.1, 0.15) is 19.5 Å². The third-order valence-corrected chi connectivity index (χ3v) is 4.83. The Bertz CT molecular complexity index is 792. The monoisotopic (exact) mass is 453 g/mol. The Morgan fingerprint density at radius 2 is 2.12 bits per heavy atom. The van der Waals surface area contributed by atoms with Crippen LogP contribution >= 0.6 is 11.8 Å². The summed E-state index contributed by atoms with van der Waals surface area (Å²) in [6.07, 6.45) is 4.25. The molecule has 0 atom stereocenters. The van der Waals surface area contributed by atoms with E-state index in [9.17, 15) is 4.79 Å². The van der Waals surface area contributed by atoms with Crippen molar-refractivity contribution in [2.45, 2.75) is 18.7 Å². The van der Waals surface area contributed by atoms with Crippen molar-refractivity contribution < 1.29 is 33.3 Å². The lowest BCUT2D eigenvalue weighted by molar-refractivity contribution is -0.673. The first kappa shape index (κ1) is 18.8. The van der Waals surface area contributed by atoms with Gasteiger partial charge in [-0.2, -0.15) is 0 Å². The number of benzene rings is 1. The molecule has 0 saturated carbocycles. The van der Waals surface area contributed by atoms with Gasteiger partial charge in [-0.3, -0.25) is 4.79 Å². The number of aromatic nitrogens is 1. The maximum atomic E-state index is 11.2. The van der Waals surface area contributed by atoms with Crippen LogP contribution in [0.5, 0.6) is 0 Å². The molecule has 0 bridgehead atoms. The molecule has 6 heteroatoms. The van der Waals surface area contributed by atoms with Gasteiger partial charge in [0, 0.05) is 42.3 Å². The Kier molecular flexibility index (Phi) is 6.28. The number of amides is 1. The molecule has 0 unspecified atom stereocenters. The summed E-state index contributed by atoms with van der Waals surface area (Å²) in [5, 5.41) is 4.05. The molecule has 1 N–H and O–H groups in total. The van der Waals surface area contributed by atoms with E-state index in [-0.39, 0.29) is 29.9 Å². The predicted molar refractivity (Wildman–Crippen MR) is 95.2 cm³/mol. The fourth-order valence-corrected chi connectivity index (χ4v) is 3.84. The van der Waals surface area contributed by atoms with Gasteiger partial charge >= 0.3 is 0 Å². The average molecular weight is 453 g/mol. The summed E-state index contributed by atoms with van der Waals surface area (Å²) in [4.78, 5) is 14.7. The smallest absolute Gasteiger partial charge is 0.221 e. The molecule has 1 amide bonds. The van der Waals surface area contributed by atoms with Crippen molar-refractivity contribution in [3.05, 3.63) is 53.3 Å². The molecule has 0 radical (unpaired) electrons. The molecule has 0 saturated heterocycles. The van der Waals surface area contributed by atoms with Gasteiger partial charge in [0.1, 0.15) is 7.05 Å². The lowest BCUT2D eigenvalue weighted by Gasteiger charge is -2.17. The minimum Gasteiger partial charge on any atom is -1.00 e. The fourth-order valence-electron chi connectivity index (χ4n) is 2.63. The molecular formula is C18H20IN3OS. The van der Waals surface area contributed by atoms with E-state index in [0.29, 0.717) is 0 Å². The summed E-state index contributed by atoms with van der Waals surface area (Å²) in [6.45, 7) is 4.58. The number of carbonyl (C=O) groups excluding carboxylic acids is 1. The Balaban J connectivity index is 0.00000208. The Hall–Kier alpha value is -1.54. The average Bonchev–Trinajstić information content (AvgIpc) is 2.85. The Morgan fingerprint density at radius 1 is 1.33 bits per heavy atom. The van der Waals surface area contributed by atoms with E-state index in [4.69, 9.17) is 0 Å². The Labute approximate surface area is 164 Å². The number of nitrogens with one attached hydrogen (secondary N) is 1. The number of anilines is 2. The molecule has 4 nitrogen and oxygen atoms in total. The molecular weight excluding hydrogens is 433 g/mol. The normalized spacial score (nSPS) is 14.3. The van der Waals surface area contributed by atoms with Crippen LogP contribution in [0.15, 0.2) is 52.5 Å². The number of thioether (sulfide) groups is 1. The number of nitrogens with zero attached hydrogens (tertiary/aromatic N) is 2. The predicted octanol–water partition coefficient (Wildman–Crippen LogP) is 0.404. The van der Waals surface area contributed by atoms with Gasteiger partial charge < -0.3 is 34.2 Å². The lowest BCUT2D eigenvalue weighted by atomic mass is 10.2. The highest BCUT2D eigenvalue weighted by molar-refractivity contribution is 8.03. The highest BCUT2D eigenvalue weighted by Gasteiger charge is 2.25. The molecule has 1 aromatic heterocycles. The van der Waals surface area contributed by atoms with Crippen molar-refractivity contribution in [1.29, 1.82) is 0 Å². The van der Waals surface area contributed by atoms with Gasteiger partial charge in [-0.1, -0.05) is 11.8 Å². The minimum atomic E-state index is -0.0487. The number of fused-ring (bicyclic) bond motifs is 1. The van der Waals surface area contributed by atoms with Gasteiger partial charge in [0.2, 0.25) is 11.6 Å². The van der Waals surface area contributed by atoms with E-state index in [2.05, 4.69) is 39.9 Å². The zero-order valence-electron chi connectivity index (χ0n) is 13.9. The highest BCUT2D eigenvalue weighted by Crippen LogP contribution is 2.47. The maximum absolute atomic E-state index is 11.2. The summed E-state index contributed by atoms with van der Waals surface area (Å²) in [6, 6.07) is 12.2. The van der Waals surface area contributed by atoms with Gasteiger partial charge in [0.05, 0.1) is 10.7 Å². The summed E-state index contributed by atoms with van der Waals surface area (Å²) >= 11 is 1.74. The second-order valence-corrected chi connectivity index (χ2v) is 6.49. The highest BCUT2D eigenvalue weighted by atomic mass is 127. The number of pyridine rings is 1. The van der Waals surface area contributed by atoms with Gasteiger partial charge in [-0.15, -0.1) is 0 Å². The van der Waals surface area contributed by atoms with Crippen molar-refractivity contribution in [3.8, 4) is 0 Å². The van der Waals surface area contributed by atoms with E-state index >= 15 is 0 Å². The van der Waals surface area contributed by atoms with Crippen molar-refractivity contribution >= 4 is 35.1 Å². The Morgan fingerprint density at radius 3 is 2.79 bits per heavy atom. The third kappa shape index (κ3) is 3.92. The zero-order valence-corrected chi connectivity index (χ0v) is 16.9. The second kappa shape index (κ2) is 8.02. The van der Waals surface area contributed by atoms with Crippen LogP contribution in [0.25, 0.3) is 6.08 Å². The molecule has 3 rings (SSSR count). The van der Waals surface area contributed by atoms with E-state index in [1.54, 1.807) is 11.8 Å². The first-order valence-corrected chi connectivity index (χ1v) is 8.43.